The summed E-state index contributed by atoms with van der Waals surface area (Å²) in [5.41, 5.74) is -0.276. The second kappa shape index (κ2) is 6.11. The van der Waals surface area contributed by atoms with Gasteiger partial charge in [0.1, 0.15) is 11.5 Å². The van der Waals surface area contributed by atoms with Crippen molar-refractivity contribution in [1.82, 2.24) is 0 Å². The summed E-state index contributed by atoms with van der Waals surface area (Å²) in [6, 6.07) is 8.64. The Bertz CT molecular complexity index is 731. The van der Waals surface area contributed by atoms with Crippen LogP contribution < -0.4 is 4.74 Å². The minimum atomic E-state index is -0.611. The number of Topliss-reactive ketones (excluding diaryl/α,β-unsaturated/α-hetero) is 1. The molecule has 0 bridgehead atoms. The number of ketones is 1. The summed E-state index contributed by atoms with van der Waals surface area (Å²) in [5.74, 6) is 0.290. The van der Waals surface area contributed by atoms with Crippen LogP contribution in [-0.4, -0.2) is 10.7 Å². The Morgan fingerprint density at radius 3 is 2.29 bits per heavy atom. The third-order valence-electron chi connectivity index (χ3n) is 2.67. The van der Waals surface area contributed by atoms with E-state index < -0.39 is 10.7 Å². The standard InChI is InChI=1S/C14H9Cl2NO4/c1-8(18)11-6-9(3-5-14(11)17(19)20)21-10-2-4-12(15)13(16)7-10/h2-7H,1H3. The molecule has 2 aromatic carbocycles. The number of carbonyl (C=O) groups is 1. The van der Waals surface area contributed by atoms with Gasteiger partial charge in [-0.3, -0.25) is 14.9 Å². The molecule has 0 radical (unpaired) electrons. The average molecular weight is 326 g/mol. The Hall–Kier alpha value is -2.11. The topological polar surface area (TPSA) is 69.4 Å². The molecule has 0 fully saturated rings. The van der Waals surface area contributed by atoms with Crippen LogP contribution in [0.2, 0.25) is 10.0 Å². The van der Waals surface area contributed by atoms with Crippen LogP contribution >= 0.6 is 23.2 Å². The molecule has 2 rings (SSSR count). The second-order valence-corrected chi connectivity index (χ2v) is 4.98. The van der Waals surface area contributed by atoms with Gasteiger partial charge in [0, 0.05) is 12.1 Å². The number of halogens is 2. The van der Waals surface area contributed by atoms with E-state index in [0.29, 0.717) is 21.5 Å². The van der Waals surface area contributed by atoms with E-state index in [1.807, 2.05) is 0 Å². The Labute approximate surface area is 130 Å². The molecule has 0 spiro atoms. The molecule has 2 aromatic rings. The summed E-state index contributed by atoms with van der Waals surface area (Å²) in [7, 11) is 0. The smallest absolute Gasteiger partial charge is 0.280 e. The first-order valence-electron chi connectivity index (χ1n) is 5.81. The lowest BCUT2D eigenvalue weighted by molar-refractivity contribution is -0.385. The van der Waals surface area contributed by atoms with Gasteiger partial charge in [0.25, 0.3) is 5.69 Å². The molecule has 5 nitrogen and oxygen atoms in total. The highest BCUT2D eigenvalue weighted by Gasteiger charge is 2.18. The Morgan fingerprint density at radius 1 is 1.10 bits per heavy atom. The van der Waals surface area contributed by atoms with Crippen molar-refractivity contribution in [2.75, 3.05) is 0 Å². The van der Waals surface area contributed by atoms with Crippen molar-refractivity contribution in [3.8, 4) is 11.5 Å². The number of nitro benzene ring substituents is 1. The highest BCUT2D eigenvalue weighted by atomic mass is 35.5. The number of carbonyl (C=O) groups excluding carboxylic acids is 1. The zero-order valence-electron chi connectivity index (χ0n) is 10.8. The quantitative estimate of drug-likeness (QED) is 0.455. The van der Waals surface area contributed by atoms with Crippen LogP contribution in [0.1, 0.15) is 17.3 Å². The molecule has 108 valence electrons. The average Bonchev–Trinajstić information content (AvgIpc) is 2.42. The lowest BCUT2D eigenvalue weighted by Crippen LogP contribution is -2.00. The van der Waals surface area contributed by atoms with Crippen LogP contribution in [0, 0.1) is 10.1 Å². The molecule has 7 heteroatoms. The molecule has 0 aliphatic carbocycles. The van der Waals surface area contributed by atoms with E-state index in [1.54, 1.807) is 12.1 Å². The first kappa shape index (κ1) is 15.3. The van der Waals surface area contributed by atoms with Crippen molar-refractivity contribution in [2.24, 2.45) is 0 Å². The van der Waals surface area contributed by atoms with Crippen molar-refractivity contribution in [3.63, 3.8) is 0 Å². The molecule has 0 aliphatic rings. The second-order valence-electron chi connectivity index (χ2n) is 4.17. The fraction of sp³-hybridized carbons (Fsp3) is 0.0714. The van der Waals surface area contributed by atoms with Gasteiger partial charge in [0.15, 0.2) is 5.78 Å². The fourth-order valence-electron chi connectivity index (χ4n) is 1.70. The minimum Gasteiger partial charge on any atom is -0.457 e. The van der Waals surface area contributed by atoms with Gasteiger partial charge < -0.3 is 4.74 Å². The highest BCUT2D eigenvalue weighted by molar-refractivity contribution is 6.42. The van der Waals surface area contributed by atoms with Crippen LogP contribution in [0.15, 0.2) is 36.4 Å². The molecule has 21 heavy (non-hydrogen) atoms. The van der Waals surface area contributed by atoms with Gasteiger partial charge in [-0.1, -0.05) is 23.2 Å². The van der Waals surface area contributed by atoms with Gasteiger partial charge in [-0.25, -0.2) is 0 Å². The largest absolute Gasteiger partial charge is 0.457 e. The van der Waals surface area contributed by atoms with Gasteiger partial charge in [0.05, 0.1) is 20.5 Å². The Kier molecular flexibility index (Phi) is 4.45. The third-order valence-corrected chi connectivity index (χ3v) is 3.41. The first-order chi connectivity index (χ1) is 9.88. The van der Waals surface area contributed by atoms with Gasteiger partial charge in [0.2, 0.25) is 0 Å². The number of nitro groups is 1. The number of hydrogen-bond donors (Lipinski definition) is 0. The highest BCUT2D eigenvalue weighted by Crippen LogP contribution is 2.31. The molecule has 0 amide bonds. The van der Waals surface area contributed by atoms with Gasteiger partial charge >= 0.3 is 0 Å². The van der Waals surface area contributed by atoms with Gasteiger partial charge in [-0.15, -0.1) is 0 Å². The van der Waals surface area contributed by atoms with Gasteiger partial charge in [-0.05, 0) is 31.2 Å². The Morgan fingerprint density at radius 2 is 1.71 bits per heavy atom. The predicted octanol–water partition coefficient (Wildman–Crippen LogP) is 4.90. The van der Waals surface area contributed by atoms with E-state index in [9.17, 15) is 14.9 Å². The van der Waals surface area contributed by atoms with Crippen LogP contribution in [0.3, 0.4) is 0 Å². The number of nitrogens with zero attached hydrogens (tertiary/aromatic N) is 1. The lowest BCUT2D eigenvalue weighted by atomic mass is 10.1. The monoisotopic (exact) mass is 325 g/mol. The van der Waals surface area contributed by atoms with Crippen LogP contribution in [0.25, 0.3) is 0 Å². The summed E-state index contributed by atoms with van der Waals surface area (Å²) in [5, 5.41) is 11.6. The van der Waals surface area contributed by atoms with E-state index in [2.05, 4.69) is 0 Å². The van der Waals surface area contributed by atoms with Gasteiger partial charge in [-0.2, -0.15) is 0 Å². The molecule has 0 aromatic heterocycles. The maximum absolute atomic E-state index is 11.5. The van der Waals surface area contributed by atoms with Crippen molar-refractivity contribution < 1.29 is 14.5 Å². The van der Waals surface area contributed by atoms with Crippen molar-refractivity contribution in [1.29, 1.82) is 0 Å². The maximum Gasteiger partial charge on any atom is 0.280 e. The molecule has 0 unspecified atom stereocenters. The molecule has 0 N–H and O–H groups in total. The number of benzene rings is 2. The molecule has 0 heterocycles. The zero-order valence-corrected chi connectivity index (χ0v) is 12.3. The molecular weight excluding hydrogens is 317 g/mol. The summed E-state index contributed by atoms with van der Waals surface area (Å²) >= 11 is 11.7. The van der Waals surface area contributed by atoms with E-state index in [-0.39, 0.29) is 11.3 Å². The van der Waals surface area contributed by atoms with Crippen molar-refractivity contribution in [3.05, 3.63) is 62.1 Å². The molecule has 0 atom stereocenters. The van der Waals surface area contributed by atoms with Crippen LogP contribution in [0.4, 0.5) is 5.69 Å². The first-order valence-corrected chi connectivity index (χ1v) is 6.56. The summed E-state index contributed by atoms with van der Waals surface area (Å²) in [6.45, 7) is 1.26. The number of rotatable bonds is 4. The summed E-state index contributed by atoms with van der Waals surface area (Å²) in [4.78, 5) is 21.7. The number of hydrogen-bond acceptors (Lipinski definition) is 4. The SMILES string of the molecule is CC(=O)c1cc(Oc2ccc(Cl)c(Cl)c2)ccc1[N+](=O)[O-]. The number of ether oxygens (including phenoxy) is 1. The van der Waals surface area contributed by atoms with E-state index in [4.69, 9.17) is 27.9 Å². The summed E-state index contributed by atoms with van der Waals surface area (Å²) < 4.78 is 5.52. The predicted molar refractivity (Wildman–Crippen MR) is 79.6 cm³/mol. The zero-order chi connectivity index (χ0) is 15.6. The molecule has 0 saturated carbocycles. The molecule has 0 saturated heterocycles. The summed E-state index contributed by atoms with van der Waals surface area (Å²) in [6.07, 6.45) is 0. The van der Waals surface area contributed by atoms with Crippen molar-refractivity contribution in [2.45, 2.75) is 6.92 Å². The van der Waals surface area contributed by atoms with Crippen LogP contribution in [-0.2, 0) is 0 Å². The van der Waals surface area contributed by atoms with Crippen LogP contribution in [0.5, 0.6) is 11.5 Å². The van der Waals surface area contributed by atoms with Crippen molar-refractivity contribution >= 4 is 34.7 Å². The third kappa shape index (κ3) is 3.51. The van der Waals surface area contributed by atoms with E-state index >= 15 is 0 Å². The lowest BCUT2D eigenvalue weighted by Gasteiger charge is -2.08. The normalized spacial score (nSPS) is 10.2. The molecular formula is C14H9Cl2NO4. The van der Waals surface area contributed by atoms with E-state index in [0.717, 1.165) is 0 Å². The minimum absolute atomic E-state index is 0.0161. The molecule has 0 aliphatic heterocycles. The Balaban J connectivity index is 2.36. The van der Waals surface area contributed by atoms with E-state index in [1.165, 1.54) is 31.2 Å². The maximum atomic E-state index is 11.5. The fourth-order valence-corrected chi connectivity index (χ4v) is 1.98.